The summed E-state index contributed by atoms with van der Waals surface area (Å²) in [6.07, 6.45) is 9.93. The van der Waals surface area contributed by atoms with Crippen LogP contribution in [-0.4, -0.2) is 0 Å². The number of allylic oxidation sites excluding steroid dienone is 1. The van der Waals surface area contributed by atoms with Gasteiger partial charge in [-0.15, -0.1) is 0 Å². The van der Waals surface area contributed by atoms with Crippen molar-refractivity contribution in [3.05, 3.63) is 42.0 Å². The first-order valence-corrected chi connectivity index (χ1v) is 7.00. The van der Waals surface area contributed by atoms with E-state index in [4.69, 9.17) is 0 Å². The molecule has 0 nitrogen and oxygen atoms in total. The van der Waals surface area contributed by atoms with Gasteiger partial charge in [0.25, 0.3) is 0 Å². The molecule has 92 valence electrons. The Balaban J connectivity index is 1.84. The first-order valence-electron chi connectivity index (χ1n) is 7.00. The highest BCUT2D eigenvalue weighted by Gasteiger charge is 2.12. The molecule has 0 heteroatoms. The summed E-state index contributed by atoms with van der Waals surface area (Å²) in [5.41, 5.74) is 3.91. The Morgan fingerprint density at radius 3 is 2.35 bits per heavy atom. The van der Waals surface area contributed by atoms with E-state index in [0.717, 1.165) is 11.5 Å². The number of aryl methyl sites for hydroxylation is 1. The van der Waals surface area contributed by atoms with Crippen molar-refractivity contribution in [1.82, 2.24) is 0 Å². The van der Waals surface area contributed by atoms with Crippen LogP contribution in [-0.2, 0) is 6.42 Å². The summed E-state index contributed by atoms with van der Waals surface area (Å²) in [6, 6.07) is 8.96. The number of hydrogen-bond acceptors (Lipinski definition) is 0. The van der Waals surface area contributed by atoms with Crippen LogP contribution < -0.4 is 0 Å². The lowest BCUT2D eigenvalue weighted by Gasteiger charge is -2.21. The van der Waals surface area contributed by atoms with E-state index in [1.54, 1.807) is 0 Å². The number of hydrogen-bond donors (Lipinski definition) is 0. The molecule has 0 unspecified atom stereocenters. The molecule has 1 aliphatic carbocycles. The molecule has 0 aromatic heterocycles. The van der Waals surface area contributed by atoms with Gasteiger partial charge in [-0.3, -0.25) is 0 Å². The van der Waals surface area contributed by atoms with E-state index in [9.17, 15) is 0 Å². The van der Waals surface area contributed by atoms with Crippen molar-refractivity contribution in [1.29, 1.82) is 0 Å². The fourth-order valence-corrected chi connectivity index (χ4v) is 2.80. The zero-order chi connectivity index (χ0) is 12.1. The fourth-order valence-electron chi connectivity index (χ4n) is 2.80. The molecule has 1 fully saturated rings. The second-order valence-corrected chi connectivity index (χ2v) is 5.52. The highest BCUT2D eigenvalue weighted by Crippen LogP contribution is 2.27. The zero-order valence-electron chi connectivity index (χ0n) is 11.0. The van der Waals surface area contributed by atoms with Gasteiger partial charge in [0.05, 0.1) is 0 Å². The topological polar surface area (TPSA) is 0 Å². The Hall–Kier alpha value is -1.04. The van der Waals surface area contributed by atoms with Gasteiger partial charge in [0.2, 0.25) is 0 Å². The number of rotatable bonds is 4. The predicted molar refractivity (Wildman–Crippen MR) is 76.0 cm³/mol. The van der Waals surface area contributed by atoms with Crippen molar-refractivity contribution in [2.24, 2.45) is 5.92 Å². The molecule has 17 heavy (non-hydrogen) atoms. The van der Waals surface area contributed by atoms with Gasteiger partial charge in [-0.05, 0) is 36.8 Å². The summed E-state index contributed by atoms with van der Waals surface area (Å²) in [7, 11) is 0. The maximum atomic E-state index is 3.97. The first-order chi connectivity index (χ1) is 8.25. The third-order valence-electron chi connectivity index (χ3n) is 4.01. The maximum Gasteiger partial charge on any atom is -0.0233 e. The average molecular weight is 228 g/mol. The molecule has 0 radical (unpaired) electrons. The molecule has 0 amide bonds. The second kappa shape index (κ2) is 6.05. The van der Waals surface area contributed by atoms with Crippen LogP contribution >= 0.6 is 0 Å². The summed E-state index contributed by atoms with van der Waals surface area (Å²) in [4.78, 5) is 0. The third-order valence-corrected chi connectivity index (χ3v) is 4.01. The third kappa shape index (κ3) is 3.73. The molecule has 0 N–H and O–H groups in total. The highest BCUT2D eigenvalue weighted by molar-refractivity contribution is 5.61. The van der Waals surface area contributed by atoms with Crippen LogP contribution in [0, 0.1) is 5.92 Å². The summed E-state index contributed by atoms with van der Waals surface area (Å²) in [5.74, 6) is 0.990. The van der Waals surface area contributed by atoms with Crippen LogP contribution in [0.1, 0.15) is 56.6 Å². The normalized spacial score (nSPS) is 17.0. The Kier molecular flexibility index (Phi) is 4.42. The van der Waals surface area contributed by atoms with Crippen LogP contribution in [0.4, 0.5) is 0 Å². The van der Waals surface area contributed by atoms with Crippen molar-refractivity contribution in [2.45, 2.75) is 51.9 Å². The van der Waals surface area contributed by atoms with Gasteiger partial charge in [-0.1, -0.05) is 68.5 Å². The van der Waals surface area contributed by atoms with Crippen molar-refractivity contribution in [3.8, 4) is 0 Å². The van der Waals surface area contributed by atoms with E-state index in [2.05, 4.69) is 37.8 Å². The van der Waals surface area contributed by atoms with E-state index >= 15 is 0 Å². The molecular weight excluding hydrogens is 204 g/mol. The zero-order valence-corrected chi connectivity index (χ0v) is 11.0. The Morgan fingerprint density at radius 2 is 1.76 bits per heavy atom. The number of benzene rings is 1. The maximum absolute atomic E-state index is 3.97. The van der Waals surface area contributed by atoms with E-state index in [1.165, 1.54) is 56.1 Å². The molecule has 0 saturated heterocycles. The summed E-state index contributed by atoms with van der Waals surface area (Å²) >= 11 is 0. The monoisotopic (exact) mass is 228 g/mol. The quantitative estimate of drug-likeness (QED) is 0.661. The van der Waals surface area contributed by atoms with E-state index in [1.807, 2.05) is 0 Å². The molecule has 0 atom stereocenters. The SMILES string of the molecule is C=C(C)c1ccc(CCC2CCCCC2)cc1. The van der Waals surface area contributed by atoms with E-state index < -0.39 is 0 Å². The minimum absolute atomic E-state index is 0.990. The molecule has 0 spiro atoms. The highest BCUT2D eigenvalue weighted by atomic mass is 14.2. The Morgan fingerprint density at radius 1 is 1.12 bits per heavy atom. The van der Waals surface area contributed by atoms with Crippen LogP contribution in [0.5, 0.6) is 0 Å². The van der Waals surface area contributed by atoms with Crippen LogP contribution in [0.25, 0.3) is 5.57 Å². The molecular formula is C17H24. The van der Waals surface area contributed by atoms with Crippen molar-refractivity contribution in [2.75, 3.05) is 0 Å². The summed E-state index contributed by atoms with van der Waals surface area (Å²) in [6.45, 7) is 6.04. The minimum atomic E-state index is 0.990. The van der Waals surface area contributed by atoms with Crippen molar-refractivity contribution < 1.29 is 0 Å². The molecule has 0 heterocycles. The second-order valence-electron chi connectivity index (χ2n) is 5.52. The molecule has 1 aromatic rings. The summed E-state index contributed by atoms with van der Waals surface area (Å²) in [5, 5.41) is 0. The standard InChI is InChI=1S/C17H24/c1-14(2)17-12-10-16(11-13-17)9-8-15-6-4-3-5-7-15/h10-13,15H,1,3-9H2,2H3. The smallest absolute Gasteiger partial charge is 0.0233 e. The summed E-state index contributed by atoms with van der Waals surface area (Å²) < 4.78 is 0. The van der Waals surface area contributed by atoms with Gasteiger partial charge in [-0.2, -0.15) is 0 Å². The first kappa shape index (κ1) is 12.4. The molecule has 0 aliphatic heterocycles. The molecule has 2 rings (SSSR count). The molecule has 1 aliphatic rings. The lowest BCUT2D eigenvalue weighted by atomic mass is 9.85. The Labute approximate surface area is 106 Å². The largest absolute Gasteiger partial charge is 0.0955 e. The molecule has 0 bridgehead atoms. The van der Waals surface area contributed by atoms with Crippen molar-refractivity contribution >= 4 is 5.57 Å². The van der Waals surface area contributed by atoms with Gasteiger partial charge >= 0.3 is 0 Å². The van der Waals surface area contributed by atoms with Crippen LogP contribution in [0.2, 0.25) is 0 Å². The lowest BCUT2D eigenvalue weighted by Crippen LogP contribution is -2.07. The van der Waals surface area contributed by atoms with Gasteiger partial charge in [-0.25, -0.2) is 0 Å². The molecule has 1 saturated carbocycles. The minimum Gasteiger partial charge on any atom is -0.0955 e. The lowest BCUT2D eigenvalue weighted by molar-refractivity contribution is 0.339. The van der Waals surface area contributed by atoms with Gasteiger partial charge in [0.1, 0.15) is 0 Å². The van der Waals surface area contributed by atoms with Gasteiger partial charge in [0.15, 0.2) is 0 Å². The Bertz CT molecular complexity index is 352. The van der Waals surface area contributed by atoms with E-state index in [-0.39, 0.29) is 0 Å². The fraction of sp³-hybridized carbons (Fsp3) is 0.529. The predicted octanol–water partition coefficient (Wildman–Crippen LogP) is 5.23. The van der Waals surface area contributed by atoms with Gasteiger partial charge < -0.3 is 0 Å². The van der Waals surface area contributed by atoms with E-state index in [0.29, 0.717) is 0 Å². The van der Waals surface area contributed by atoms with Crippen molar-refractivity contribution in [3.63, 3.8) is 0 Å². The van der Waals surface area contributed by atoms with Crippen LogP contribution in [0.15, 0.2) is 30.8 Å². The average Bonchev–Trinajstić information content (AvgIpc) is 2.38. The van der Waals surface area contributed by atoms with Gasteiger partial charge in [0, 0.05) is 0 Å². The van der Waals surface area contributed by atoms with Crippen LogP contribution in [0.3, 0.4) is 0 Å². The molecule has 1 aromatic carbocycles.